The Bertz CT molecular complexity index is 1350. The van der Waals surface area contributed by atoms with E-state index in [4.69, 9.17) is 39.8 Å². The first kappa shape index (κ1) is 31.0. The third-order valence-corrected chi connectivity index (χ3v) is 6.51. The van der Waals surface area contributed by atoms with Crippen molar-refractivity contribution in [3.8, 4) is 34.5 Å². The van der Waals surface area contributed by atoms with E-state index >= 15 is 0 Å². The van der Waals surface area contributed by atoms with Crippen LogP contribution in [0.2, 0.25) is 0 Å². The summed E-state index contributed by atoms with van der Waals surface area (Å²) in [6.45, 7) is 3.02. The van der Waals surface area contributed by atoms with Crippen LogP contribution in [0.5, 0.6) is 34.5 Å². The molecule has 1 amide bonds. The average Bonchev–Trinajstić information content (AvgIpc) is 2.96. The number of pyridine rings is 1. The van der Waals surface area contributed by atoms with Gasteiger partial charge in [0.2, 0.25) is 5.75 Å². The van der Waals surface area contributed by atoms with E-state index in [1.54, 1.807) is 43.3 Å². The summed E-state index contributed by atoms with van der Waals surface area (Å²) in [6, 6.07) is 10.3. The zero-order chi connectivity index (χ0) is 30.3. The van der Waals surface area contributed by atoms with Crippen molar-refractivity contribution in [3.63, 3.8) is 0 Å². The molecule has 2 N–H and O–H groups in total. The molecule has 0 saturated heterocycles. The topological polar surface area (TPSA) is 149 Å². The number of amides is 1. The molecule has 3 aromatic rings. The number of rotatable bonds is 12. The van der Waals surface area contributed by atoms with Crippen LogP contribution in [0.15, 0.2) is 48.7 Å². The lowest BCUT2D eigenvalue weighted by Crippen LogP contribution is -2.46. The smallest absolute Gasteiger partial charge is 0.328 e. The molecule has 1 aromatic heterocycles. The predicted octanol–water partition coefficient (Wildman–Crippen LogP) is 3.47. The van der Waals surface area contributed by atoms with Crippen molar-refractivity contribution in [2.45, 2.75) is 31.9 Å². The fraction of sp³-hybridized carbons (Fsp3) is 0.321. The summed E-state index contributed by atoms with van der Waals surface area (Å²) in [4.78, 5) is 26.0. The number of hydrogen-bond acceptors (Lipinski definition) is 10. The van der Waals surface area contributed by atoms with E-state index in [0.29, 0.717) is 28.4 Å². The van der Waals surface area contributed by atoms with E-state index in [2.05, 4.69) is 5.32 Å². The van der Waals surface area contributed by atoms with Crippen LogP contribution in [0.3, 0.4) is 0 Å². The molecule has 0 aliphatic carbocycles. The number of para-hydroxylation sites is 2. The van der Waals surface area contributed by atoms with E-state index < -0.39 is 41.4 Å². The van der Waals surface area contributed by atoms with E-state index in [0.717, 1.165) is 6.20 Å². The fourth-order valence-corrected chi connectivity index (χ4v) is 4.58. The predicted molar refractivity (Wildman–Crippen MR) is 147 cm³/mol. The Morgan fingerprint density at radius 1 is 0.878 bits per heavy atom. The molecule has 0 aliphatic heterocycles. The van der Waals surface area contributed by atoms with Crippen molar-refractivity contribution in [2.24, 2.45) is 0 Å². The molecule has 12 nitrogen and oxygen atoms in total. The van der Waals surface area contributed by atoms with Gasteiger partial charge in [0.1, 0.15) is 24.0 Å². The highest BCUT2D eigenvalue weighted by atomic mass is 35.5. The molecule has 0 saturated carbocycles. The first-order valence-electron chi connectivity index (χ1n) is 12.3. The quantitative estimate of drug-likeness (QED) is 0.182. The maximum absolute atomic E-state index is 13.2. The van der Waals surface area contributed by atoms with Gasteiger partial charge in [-0.3, -0.25) is 4.79 Å². The monoisotopic (exact) mass is 590 g/mol. The SMILES string of the molecule is COc1cc[n+]([O-])c(C(=O)N[C@@H](C)C(=O)O[C@@H](C)C(c2cccc(OC)c2OC)c2cccc(OC)c2OCl)c1O. The lowest BCUT2D eigenvalue weighted by molar-refractivity contribution is -0.608. The first-order chi connectivity index (χ1) is 19.6. The lowest BCUT2D eigenvalue weighted by atomic mass is 9.85. The number of hydrogen-bond donors (Lipinski definition) is 2. The number of nitrogens with zero attached hydrogens (tertiary/aromatic N) is 1. The summed E-state index contributed by atoms with van der Waals surface area (Å²) in [5, 5.41) is 24.8. The van der Waals surface area contributed by atoms with Gasteiger partial charge in [0.15, 0.2) is 34.9 Å². The number of nitrogens with one attached hydrogen (secondary N) is 1. The highest BCUT2D eigenvalue weighted by molar-refractivity contribution is 6.09. The molecule has 0 spiro atoms. The number of aromatic hydroxyl groups is 1. The van der Waals surface area contributed by atoms with Crippen molar-refractivity contribution in [2.75, 3.05) is 28.4 Å². The molecule has 2 aromatic carbocycles. The number of esters is 1. The second-order valence-corrected chi connectivity index (χ2v) is 8.91. The van der Waals surface area contributed by atoms with Crippen molar-refractivity contribution in [3.05, 3.63) is 70.7 Å². The molecular formula is C28H31ClN2O10. The summed E-state index contributed by atoms with van der Waals surface area (Å²) in [5.41, 5.74) is 0.452. The number of aromatic nitrogens is 1. The van der Waals surface area contributed by atoms with Gasteiger partial charge in [-0.1, -0.05) is 24.3 Å². The Morgan fingerprint density at radius 2 is 1.44 bits per heavy atom. The van der Waals surface area contributed by atoms with Crippen molar-refractivity contribution in [1.82, 2.24) is 5.32 Å². The number of benzene rings is 2. The van der Waals surface area contributed by atoms with Gasteiger partial charge in [0.05, 0.1) is 34.4 Å². The highest BCUT2D eigenvalue weighted by Gasteiger charge is 2.34. The van der Waals surface area contributed by atoms with Gasteiger partial charge in [-0.2, -0.15) is 4.73 Å². The minimum Gasteiger partial charge on any atom is -0.618 e. The van der Waals surface area contributed by atoms with Crippen molar-refractivity contribution < 1.29 is 47.4 Å². The summed E-state index contributed by atoms with van der Waals surface area (Å²) >= 11 is 5.86. The molecule has 0 radical (unpaired) electrons. The van der Waals surface area contributed by atoms with E-state index in [1.807, 2.05) is 0 Å². The molecule has 13 heteroatoms. The lowest BCUT2D eigenvalue weighted by Gasteiger charge is -2.29. The summed E-state index contributed by atoms with van der Waals surface area (Å²) in [6.07, 6.45) is 0.102. The number of ether oxygens (including phenoxy) is 5. The van der Waals surface area contributed by atoms with E-state index in [1.165, 1.54) is 41.4 Å². The van der Waals surface area contributed by atoms with Gasteiger partial charge in [-0.05, 0) is 26.0 Å². The molecule has 41 heavy (non-hydrogen) atoms. The van der Waals surface area contributed by atoms with Crippen LogP contribution < -0.4 is 33.3 Å². The van der Waals surface area contributed by atoms with Crippen molar-refractivity contribution >= 4 is 23.7 Å². The summed E-state index contributed by atoms with van der Waals surface area (Å²) in [5.74, 6) is -1.95. The second kappa shape index (κ2) is 13.7. The largest absolute Gasteiger partial charge is 0.618 e. The van der Waals surface area contributed by atoms with Gasteiger partial charge >= 0.3 is 17.6 Å². The molecule has 1 unspecified atom stereocenters. The zero-order valence-corrected chi connectivity index (χ0v) is 24.1. The van der Waals surface area contributed by atoms with Crippen LogP contribution in [0, 0.1) is 5.21 Å². The van der Waals surface area contributed by atoms with Gasteiger partial charge in [0.25, 0.3) is 0 Å². The molecule has 3 rings (SSSR count). The third-order valence-electron chi connectivity index (χ3n) is 6.36. The molecule has 220 valence electrons. The fourth-order valence-electron chi connectivity index (χ4n) is 4.41. The molecule has 0 fully saturated rings. The third kappa shape index (κ3) is 6.43. The van der Waals surface area contributed by atoms with Crippen LogP contribution in [0.1, 0.15) is 41.4 Å². The van der Waals surface area contributed by atoms with Crippen LogP contribution in [-0.2, 0) is 9.53 Å². The molecule has 0 aliphatic rings. The number of carbonyl (C=O) groups is 2. The number of halogens is 1. The van der Waals surface area contributed by atoms with Crippen LogP contribution >= 0.6 is 11.9 Å². The normalized spacial score (nSPS) is 12.9. The van der Waals surface area contributed by atoms with Gasteiger partial charge in [0, 0.05) is 17.2 Å². The van der Waals surface area contributed by atoms with E-state index in [9.17, 15) is 19.9 Å². The van der Waals surface area contributed by atoms with Gasteiger partial charge in [-0.15, -0.1) is 0 Å². The Hall–Kier alpha value is -4.58. The highest BCUT2D eigenvalue weighted by Crippen LogP contribution is 2.46. The molecule has 0 bridgehead atoms. The van der Waals surface area contributed by atoms with Crippen LogP contribution in [0.4, 0.5) is 0 Å². The molecule has 1 heterocycles. The Morgan fingerprint density at radius 3 is 1.98 bits per heavy atom. The Kier molecular flexibility index (Phi) is 10.3. The number of carbonyl (C=O) groups excluding carboxylic acids is 2. The van der Waals surface area contributed by atoms with Crippen LogP contribution in [-0.4, -0.2) is 57.6 Å². The second-order valence-electron chi connectivity index (χ2n) is 8.76. The minimum atomic E-state index is -1.22. The van der Waals surface area contributed by atoms with E-state index in [-0.39, 0.29) is 16.2 Å². The summed E-state index contributed by atoms with van der Waals surface area (Å²) in [7, 11) is 5.70. The summed E-state index contributed by atoms with van der Waals surface area (Å²) < 4.78 is 32.6. The molecular weight excluding hydrogens is 560 g/mol. The number of methoxy groups -OCH3 is 4. The van der Waals surface area contributed by atoms with Crippen molar-refractivity contribution in [1.29, 1.82) is 0 Å². The maximum Gasteiger partial charge on any atom is 0.328 e. The Balaban J connectivity index is 1.97. The zero-order valence-electron chi connectivity index (χ0n) is 23.3. The molecule has 3 atom stereocenters. The van der Waals surface area contributed by atoms with Gasteiger partial charge < -0.3 is 43.6 Å². The maximum atomic E-state index is 13.2. The Labute approximate surface area is 242 Å². The van der Waals surface area contributed by atoms with Crippen LogP contribution in [0.25, 0.3) is 0 Å². The van der Waals surface area contributed by atoms with Gasteiger partial charge in [-0.25, -0.2) is 4.79 Å². The minimum absolute atomic E-state index is 0.0863. The first-order valence-corrected chi connectivity index (χ1v) is 12.6. The standard InChI is InChI=1S/C28H31ClN2O10/c1-15(30-27(33)23-24(32)19(36-3)13-14-31(23)35)28(34)40-16(2)22(17-9-7-11-20(37-4)25(17)39-6)18-10-8-12-21(38-5)26(18)41-29/h7-16,22,32H,1-6H3,(H,30,33)/t15-,16-,22?/m0/s1. The average molecular weight is 591 g/mol.